The molecule has 0 radical (unpaired) electrons. The molecule has 0 unspecified atom stereocenters. The van der Waals surface area contributed by atoms with E-state index in [4.69, 9.17) is 5.73 Å². The average molecular weight is 247 g/mol. The number of fused-ring (bicyclic) bond motifs is 1. The SMILES string of the molecule is NC1=C2N=C(c3ccc([N+](=O)[O-])cc3)NN2NN1. The molecular weight excluding hydrogens is 238 g/mol. The normalized spacial score (nSPS) is 17.1. The Balaban J connectivity index is 1.91. The van der Waals surface area contributed by atoms with E-state index in [2.05, 4.69) is 21.4 Å². The molecule has 0 saturated carbocycles. The fourth-order valence-corrected chi connectivity index (χ4v) is 1.64. The first-order valence-corrected chi connectivity index (χ1v) is 5.07. The second kappa shape index (κ2) is 3.60. The van der Waals surface area contributed by atoms with Crippen LogP contribution < -0.4 is 22.1 Å². The molecule has 2 aliphatic rings. The van der Waals surface area contributed by atoms with Gasteiger partial charge in [0.1, 0.15) is 0 Å². The van der Waals surface area contributed by atoms with E-state index in [1.807, 2.05) is 0 Å². The van der Waals surface area contributed by atoms with Gasteiger partial charge in [-0.2, -0.15) is 5.12 Å². The first kappa shape index (κ1) is 10.4. The molecule has 2 aliphatic heterocycles. The lowest BCUT2D eigenvalue weighted by Crippen LogP contribution is -2.46. The Morgan fingerprint density at radius 3 is 2.67 bits per heavy atom. The summed E-state index contributed by atoms with van der Waals surface area (Å²) in [5, 5.41) is 12.1. The maximum Gasteiger partial charge on any atom is 0.269 e. The van der Waals surface area contributed by atoms with Gasteiger partial charge in [-0.3, -0.25) is 21.0 Å². The summed E-state index contributed by atoms with van der Waals surface area (Å²) < 4.78 is 0. The summed E-state index contributed by atoms with van der Waals surface area (Å²) in [6.45, 7) is 0. The summed E-state index contributed by atoms with van der Waals surface area (Å²) in [6, 6.07) is 6.09. The molecule has 0 aliphatic carbocycles. The number of nitrogens with zero attached hydrogens (tertiary/aromatic N) is 3. The van der Waals surface area contributed by atoms with Crippen molar-refractivity contribution in [3.05, 3.63) is 51.6 Å². The highest BCUT2D eigenvalue weighted by molar-refractivity contribution is 6.00. The van der Waals surface area contributed by atoms with E-state index in [1.54, 1.807) is 12.1 Å². The Hall–Kier alpha value is -2.81. The molecule has 1 aromatic rings. The van der Waals surface area contributed by atoms with Crippen LogP contribution in [-0.2, 0) is 0 Å². The predicted molar refractivity (Wildman–Crippen MR) is 62.1 cm³/mol. The van der Waals surface area contributed by atoms with Crippen molar-refractivity contribution in [2.45, 2.75) is 0 Å². The minimum Gasteiger partial charge on any atom is -0.381 e. The van der Waals surface area contributed by atoms with E-state index in [0.717, 1.165) is 5.56 Å². The first-order valence-electron chi connectivity index (χ1n) is 5.07. The van der Waals surface area contributed by atoms with Crippen LogP contribution in [0.4, 0.5) is 5.69 Å². The van der Waals surface area contributed by atoms with Gasteiger partial charge in [0, 0.05) is 17.7 Å². The highest BCUT2D eigenvalue weighted by atomic mass is 16.6. The summed E-state index contributed by atoms with van der Waals surface area (Å²) >= 11 is 0. The molecule has 0 atom stereocenters. The zero-order valence-corrected chi connectivity index (χ0v) is 9.04. The molecule has 9 nitrogen and oxygen atoms in total. The Labute approximate surface area is 101 Å². The number of aliphatic imine (C=N–C) groups is 1. The number of nitro groups is 1. The van der Waals surface area contributed by atoms with Gasteiger partial charge in [-0.15, -0.1) is 5.53 Å². The number of nitrogens with one attached hydrogen (secondary N) is 3. The highest BCUT2D eigenvalue weighted by Gasteiger charge is 2.28. The van der Waals surface area contributed by atoms with Crippen molar-refractivity contribution >= 4 is 11.5 Å². The van der Waals surface area contributed by atoms with Gasteiger partial charge in [-0.25, -0.2) is 4.99 Å². The number of hydrazine groups is 3. The highest BCUT2D eigenvalue weighted by Crippen LogP contribution is 2.18. The minimum absolute atomic E-state index is 0.0383. The summed E-state index contributed by atoms with van der Waals surface area (Å²) in [4.78, 5) is 14.4. The maximum absolute atomic E-state index is 10.5. The fraction of sp³-hybridized carbons (Fsp3) is 0. The Kier molecular flexibility index (Phi) is 2.07. The number of benzene rings is 1. The van der Waals surface area contributed by atoms with E-state index < -0.39 is 4.92 Å². The molecule has 9 heteroatoms. The van der Waals surface area contributed by atoms with Crippen molar-refractivity contribution in [1.82, 2.24) is 21.5 Å². The third kappa shape index (κ3) is 1.50. The molecule has 5 N–H and O–H groups in total. The predicted octanol–water partition coefficient (Wildman–Crippen LogP) is -0.730. The quantitative estimate of drug-likeness (QED) is 0.401. The third-order valence-corrected chi connectivity index (χ3v) is 2.54. The summed E-state index contributed by atoms with van der Waals surface area (Å²) in [6.07, 6.45) is 0. The second-order valence-electron chi connectivity index (χ2n) is 3.69. The van der Waals surface area contributed by atoms with Crippen LogP contribution in [0.3, 0.4) is 0 Å². The van der Waals surface area contributed by atoms with Crippen LogP contribution >= 0.6 is 0 Å². The summed E-state index contributed by atoms with van der Waals surface area (Å²) in [5.74, 6) is 1.50. The molecule has 0 saturated heterocycles. The van der Waals surface area contributed by atoms with Crippen molar-refractivity contribution in [3.63, 3.8) is 0 Å². The van der Waals surface area contributed by atoms with Gasteiger partial charge in [0.2, 0.25) is 5.82 Å². The minimum atomic E-state index is -0.447. The fourth-order valence-electron chi connectivity index (χ4n) is 1.64. The van der Waals surface area contributed by atoms with Crippen molar-refractivity contribution < 1.29 is 4.92 Å². The number of hydrogen-bond donors (Lipinski definition) is 4. The molecule has 18 heavy (non-hydrogen) atoms. The van der Waals surface area contributed by atoms with E-state index in [0.29, 0.717) is 17.5 Å². The molecule has 1 aromatic carbocycles. The molecule has 92 valence electrons. The molecule has 0 aromatic heterocycles. The lowest BCUT2D eigenvalue weighted by molar-refractivity contribution is -0.384. The number of nitro benzene ring substituents is 1. The summed E-state index contributed by atoms with van der Waals surface area (Å²) in [5.41, 5.74) is 14.8. The summed E-state index contributed by atoms with van der Waals surface area (Å²) in [7, 11) is 0. The largest absolute Gasteiger partial charge is 0.381 e. The molecular formula is C9H9N7O2. The van der Waals surface area contributed by atoms with E-state index in [9.17, 15) is 10.1 Å². The van der Waals surface area contributed by atoms with Gasteiger partial charge in [-0.05, 0) is 12.1 Å². The molecule has 0 amide bonds. The van der Waals surface area contributed by atoms with Crippen molar-refractivity contribution in [1.29, 1.82) is 0 Å². The maximum atomic E-state index is 10.5. The van der Waals surface area contributed by atoms with E-state index >= 15 is 0 Å². The standard InChI is InChI=1S/C9H9N7O2/c10-7-9-11-8(13-15(9)14-12-7)5-1-3-6(4-2-5)16(17)18/h1-4,12,14H,10H2,(H,11,13). The zero-order valence-electron chi connectivity index (χ0n) is 9.04. The molecule has 3 rings (SSSR count). The lowest BCUT2D eigenvalue weighted by atomic mass is 10.2. The molecule has 0 spiro atoms. The van der Waals surface area contributed by atoms with Gasteiger partial charge in [-0.1, -0.05) is 0 Å². The van der Waals surface area contributed by atoms with Crippen molar-refractivity contribution in [3.8, 4) is 0 Å². The van der Waals surface area contributed by atoms with Crippen LogP contribution in [0.1, 0.15) is 5.56 Å². The molecule has 2 heterocycles. The number of non-ortho nitro benzene ring substituents is 1. The van der Waals surface area contributed by atoms with Crippen LogP contribution in [0, 0.1) is 10.1 Å². The molecule has 0 fully saturated rings. The van der Waals surface area contributed by atoms with Crippen LogP contribution in [0.2, 0.25) is 0 Å². The number of nitrogens with two attached hydrogens (primary N) is 1. The first-order chi connectivity index (χ1) is 8.65. The monoisotopic (exact) mass is 247 g/mol. The van der Waals surface area contributed by atoms with Gasteiger partial charge >= 0.3 is 0 Å². The second-order valence-corrected chi connectivity index (χ2v) is 3.69. The topological polar surface area (TPSA) is 121 Å². The smallest absolute Gasteiger partial charge is 0.269 e. The zero-order chi connectivity index (χ0) is 12.7. The Morgan fingerprint density at radius 2 is 2.06 bits per heavy atom. The Bertz CT molecular complexity index is 577. The number of amidine groups is 1. The number of hydrogen-bond acceptors (Lipinski definition) is 8. The van der Waals surface area contributed by atoms with Crippen LogP contribution in [-0.4, -0.2) is 15.9 Å². The third-order valence-electron chi connectivity index (χ3n) is 2.54. The van der Waals surface area contributed by atoms with Crippen molar-refractivity contribution in [2.24, 2.45) is 10.7 Å². The van der Waals surface area contributed by atoms with Crippen LogP contribution in [0.5, 0.6) is 0 Å². The molecule has 0 bridgehead atoms. The van der Waals surface area contributed by atoms with Gasteiger partial charge in [0.05, 0.1) is 4.92 Å². The Morgan fingerprint density at radius 1 is 1.33 bits per heavy atom. The van der Waals surface area contributed by atoms with Gasteiger partial charge in [0.15, 0.2) is 11.7 Å². The van der Waals surface area contributed by atoms with E-state index in [1.165, 1.54) is 17.3 Å². The number of rotatable bonds is 2. The van der Waals surface area contributed by atoms with Crippen LogP contribution in [0.25, 0.3) is 0 Å². The average Bonchev–Trinajstić information content (AvgIpc) is 2.92. The van der Waals surface area contributed by atoms with Gasteiger partial charge in [0.25, 0.3) is 5.69 Å². The van der Waals surface area contributed by atoms with Gasteiger partial charge < -0.3 is 5.73 Å². The van der Waals surface area contributed by atoms with Crippen molar-refractivity contribution in [2.75, 3.05) is 0 Å². The lowest BCUT2D eigenvalue weighted by Gasteiger charge is -2.13. The van der Waals surface area contributed by atoms with E-state index in [-0.39, 0.29) is 5.69 Å². The van der Waals surface area contributed by atoms with Crippen LogP contribution in [0.15, 0.2) is 40.9 Å².